The van der Waals surface area contributed by atoms with Crippen molar-refractivity contribution in [2.24, 2.45) is 5.41 Å². The van der Waals surface area contributed by atoms with E-state index in [-0.39, 0.29) is 0 Å². The summed E-state index contributed by atoms with van der Waals surface area (Å²) in [5, 5.41) is 9.28. The third-order valence-electron chi connectivity index (χ3n) is 3.81. The van der Waals surface area contributed by atoms with Gasteiger partial charge in [-0.2, -0.15) is 0 Å². The Labute approximate surface area is 108 Å². The summed E-state index contributed by atoms with van der Waals surface area (Å²) in [7, 11) is 0. The SMILES string of the molecule is CC1CCc2ccccc2N1CC(C)(C)C(=O)O. The minimum atomic E-state index is -0.738. The largest absolute Gasteiger partial charge is 0.481 e. The van der Waals surface area contributed by atoms with Gasteiger partial charge in [-0.05, 0) is 45.2 Å². The van der Waals surface area contributed by atoms with Gasteiger partial charge in [0.05, 0.1) is 5.41 Å². The fourth-order valence-corrected chi connectivity index (χ4v) is 2.49. The summed E-state index contributed by atoms with van der Waals surface area (Å²) in [6, 6.07) is 8.72. The zero-order chi connectivity index (χ0) is 13.3. The third kappa shape index (κ3) is 2.35. The Bertz CT molecular complexity index is 454. The van der Waals surface area contributed by atoms with E-state index in [2.05, 4.69) is 30.0 Å². The number of aryl methyl sites for hydroxylation is 1. The fraction of sp³-hybridized carbons (Fsp3) is 0.533. The van der Waals surface area contributed by atoms with Gasteiger partial charge in [0.2, 0.25) is 0 Å². The lowest BCUT2D eigenvalue weighted by molar-refractivity contribution is -0.146. The number of rotatable bonds is 3. The molecular weight excluding hydrogens is 226 g/mol. The molecule has 0 saturated heterocycles. The first-order chi connectivity index (χ1) is 8.42. The van der Waals surface area contributed by atoms with Gasteiger partial charge in [-0.1, -0.05) is 18.2 Å². The smallest absolute Gasteiger partial charge is 0.310 e. The Morgan fingerprint density at radius 2 is 2.11 bits per heavy atom. The molecule has 98 valence electrons. The van der Waals surface area contributed by atoms with Crippen molar-refractivity contribution in [3.8, 4) is 0 Å². The average Bonchev–Trinajstić information content (AvgIpc) is 2.32. The zero-order valence-corrected chi connectivity index (χ0v) is 11.3. The lowest BCUT2D eigenvalue weighted by atomic mass is 9.89. The topological polar surface area (TPSA) is 40.5 Å². The number of benzene rings is 1. The fourth-order valence-electron chi connectivity index (χ4n) is 2.49. The summed E-state index contributed by atoms with van der Waals surface area (Å²) < 4.78 is 0. The van der Waals surface area contributed by atoms with Crippen molar-refractivity contribution in [3.05, 3.63) is 29.8 Å². The van der Waals surface area contributed by atoms with E-state index in [1.165, 1.54) is 11.3 Å². The summed E-state index contributed by atoms with van der Waals surface area (Å²) in [6.45, 7) is 6.31. The maximum Gasteiger partial charge on any atom is 0.310 e. The second-order valence-corrected chi connectivity index (χ2v) is 5.83. The van der Waals surface area contributed by atoms with Crippen molar-refractivity contribution in [3.63, 3.8) is 0 Å². The molecule has 0 aliphatic carbocycles. The number of nitrogens with zero attached hydrogens (tertiary/aromatic N) is 1. The highest BCUT2D eigenvalue weighted by molar-refractivity contribution is 5.75. The standard InChI is InChI=1S/C15H21NO2/c1-11-8-9-12-6-4-5-7-13(12)16(11)10-15(2,3)14(17)18/h4-7,11H,8-10H2,1-3H3,(H,17,18). The monoisotopic (exact) mass is 247 g/mol. The summed E-state index contributed by atoms with van der Waals surface area (Å²) >= 11 is 0. The Hall–Kier alpha value is -1.51. The van der Waals surface area contributed by atoms with Crippen molar-refractivity contribution in [2.45, 2.75) is 39.7 Å². The number of carboxylic acids is 1. The third-order valence-corrected chi connectivity index (χ3v) is 3.81. The number of fused-ring (bicyclic) bond motifs is 1. The van der Waals surface area contributed by atoms with Crippen LogP contribution in [0, 0.1) is 5.41 Å². The van der Waals surface area contributed by atoms with Gasteiger partial charge >= 0.3 is 5.97 Å². The van der Waals surface area contributed by atoms with Crippen LogP contribution in [0.15, 0.2) is 24.3 Å². The number of carbonyl (C=O) groups is 1. The molecule has 0 saturated carbocycles. The van der Waals surface area contributed by atoms with Crippen LogP contribution in [0.25, 0.3) is 0 Å². The highest BCUT2D eigenvalue weighted by atomic mass is 16.4. The molecule has 3 nitrogen and oxygen atoms in total. The van der Waals surface area contributed by atoms with Crippen molar-refractivity contribution in [1.29, 1.82) is 0 Å². The maximum absolute atomic E-state index is 11.3. The van der Waals surface area contributed by atoms with Crippen molar-refractivity contribution < 1.29 is 9.90 Å². The Morgan fingerprint density at radius 1 is 1.44 bits per heavy atom. The summed E-state index contributed by atoms with van der Waals surface area (Å²) in [6.07, 6.45) is 2.17. The van der Waals surface area contributed by atoms with Gasteiger partial charge in [0.15, 0.2) is 0 Å². The van der Waals surface area contributed by atoms with E-state index in [0.29, 0.717) is 12.6 Å². The van der Waals surface area contributed by atoms with Crippen LogP contribution in [0.3, 0.4) is 0 Å². The lowest BCUT2D eigenvalue weighted by Gasteiger charge is -2.40. The van der Waals surface area contributed by atoms with Crippen LogP contribution in [0.1, 0.15) is 32.8 Å². The Morgan fingerprint density at radius 3 is 2.78 bits per heavy atom. The molecule has 1 atom stereocenters. The highest BCUT2D eigenvalue weighted by Crippen LogP contribution is 2.33. The quantitative estimate of drug-likeness (QED) is 0.892. The molecule has 0 aromatic heterocycles. The predicted octanol–water partition coefficient (Wildman–Crippen LogP) is 2.94. The van der Waals surface area contributed by atoms with E-state index in [9.17, 15) is 9.90 Å². The van der Waals surface area contributed by atoms with Crippen LogP contribution in [0.4, 0.5) is 5.69 Å². The molecule has 2 rings (SSSR count). The van der Waals surface area contributed by atoms with E-state index < -0.39 is 11.4 Å². The van der Waals surface area contributed by atoms with Gasteiger partial charge in [-0.3, -0.25) is 4.79 Å². The van der Waals surface area contributed by atoms with Gasteiger partial charge in [0, 0.05) is 18.3 Å². The molecule has 1 unspecified atom stereocenters. The van der Waals surface area contributed by atoms with Crippen LogP contribution in [0.2, 0.25) is 0 Å². The number of hydrogen-bond donors (Lipinski definition) is 1. The second kappa shape index (κ2) is 4.63. The number of anilines is 1. The number of hydrogen-bond acceptors (Lipinski definition) is 2. The number of aliphatic carboxylic acids is 1. The van der Waals surface area contributed by atoms with Crippen LogP contribution in [-0.2, 0) is 11.2 Å². The second-order valence-electron chi connectivity index (χ2n) is 5.83. The van der Waals surface area contributed by atoms with Gasteiger partial charge in [0.25, 0.3) is 0 Å². The molecule has 0 fully saturated rings. The molecule has 0 spiro atoms. The molecule has 1 aromatic rings. The number of para-hydroxylation sites is 1. The molecular formula is C15H21NO2. The minimum absolute atomic E-state index is 0.401. The van der Waals surface area contributed by atoms with Crippen LogP contribution < -0.4 is 4.90 Å². The summed E-state index contributed by atoms with van der Waals surface area (Å²) in [4.78, 5) is 13.5. The summed E-state index contributed by atoms with van der Waals surface area (Å²) in [5.74, 6) is -0.738. The van der Waals surface area contributed by atoms with E-state index in [4.69, 9.17) is 0 Å². The van der Waals surface area contributed by atoms with Gasteiger partial charge in [-0.15, -0.1) is 0 Å². The maximum atomic E-state index is 11.3. The van der Waals surface area contributed by atoms with E-state index >= 15 is 0 Å². The molecule has 18 heavy (non-hydrogen) atoms. The molecule has 1 aliphatic heterocycles. The first-order valence-electron chi connectivity index (χ1n) is 6.50. The molecule has 0 radical (unpaired) electrons. The summed E-state index contributed by atoms with van der Waals surface area (Å²) in [5.41, 5.74) is 1.81. The van der Waals surface area contributed by atoms with Crippen molar-refractivity contribution >= 4 is 11.7 Å². The average molecular weight is 247 g/mol. The minimum Gasteiger partial charge on any atom is -0.481 e. The number of carboxylic acid groups (broad SMARTS) is 1. The van der Waals surface area contributed by atoms with E-state index in [0.717, 1.165) is 12.8 Å². The normalized spacial score (nSPS) is 19.5. The van der Waals surface area contributed by atoms with E-state index in [1.54, 1.807) is 13.8 Å². The van der Waals surface area contributed by atoms with Crippen LogP contribution in [0.5, 0.6) is 0 Å². The van der Waals surface area contributed by atoms with Gasteiger partial charge < -0.3 is 10.0 Å². The first-order valence-corrected chi connectivity index (χ1v) is 6.50. The Kier molecular flexibility index (Phi) is 3.33. The van der Waals surface area contributed by atoms with Crippen molar-refractivity contribution in [1.82, 2.24) is 0 Å². The van der Waals surface area contributed by atoms with Gasteiger partial charge in [-0.25, -0.2) is 0 Å². The van der Waals surface area contributed by atoms with E-state index in [1.807, 2.05) is 6.07 Å². The first kappa shape index (κ1) is 12.9. The molecule has 0 amide bonds. The van der Waals surface area contributed by atoms with Crippen molar-refractivity contribution in [2.75, 3.05) is 11.4 Å². The predicted molar refractivity (Wildman–Crippen MR) is 73.0 cm³/mol. The lowest BCUT2D eigenvalue weighted by Crippen LogP contribution is -2.45. The van der Waals surface area contributed by atoms with Gasteiger partial charge in [0.1, 0.15) is 0 Å². The molecule has 3 heteroatoms. The molecule has 1 aliphatic rings. The molecule has 1 N–H and O–H groups in total. The molecule has 1 aromatic carbocycles. The van der Waals surface area contributed by atoms with Crippen LogP contribution in [-0.4, -0.2) is 23.7 Å². The Balaban J connectivity index is 2.30. The molecule has 0 bridgehead atoms. The highest BCUT2D eigenvalue weighted by Gasteiger charge is 2.33. The zero-order valence-electron chi connectivity index (χ0n) is 11.3. The van der Waals surface area contributed by atoms with Crippen LogP contribution >= 0.6 is 0 Å². The molecule has 1 heterocycles.